The van der Waals surface area contributed by atoms with Crippen LogP contribution in [0, 0.1) is 11.7 Å². The smallest absolute Gasteiger partial charge is 0.266 e. The van der Waals surface area contributed by atoms with Crippen LogP contribution in [0.2, 0.25) is 0 Å². The molecule has 0 aliphatic carbocycles. The molecule has 1 saturated heterocycles. The molecule has 4 rings (SSSR count). The van der Waals surface area contributed by atoms with Gasteiger partial charge in [-0.2, -0.15) is 0 Å². The number of fused-ring (bicyclic) bond motifs is 1. The highest BCUT2D eigenvalue weighted by Gasteiger charge is 2.32. The van der Waals surface area contributed by atoms with E-state index in [1.54, 1.807) is 23.1 Å². The molecule has 0 unspecified atom stereocenters. The molecule has 2 aromatic carbocycles. The molecule has 166 valence electrons. The highest BCUT2D eigenvalue weighted by molar-refractivity contribution is 9.10. The van der Waals surface area contributed by atoms with E-state index in [-0.39, 0.29) is 17.5 Å². The maximum Gasteiger partial charge on any atom is 0.266 e. The molecule has 0 atom stereocenters. The summed E-state index contributed by atoms with van der Waals surface area (Å²) in [4.78, 5) is 15.2. The molecule has 4 nitrogen and oxygen atoms in total. The first-order valence-corrected chi connectivity index (χ1v) is 12.3. The molecule has 1 aliphatic heterocycles. The van der Waals surface area contributed by atoms with Crippen molar-refractivity contribution in [2.45, 2.75) is 20.4 Å². The van der Waals surface area contributed by atoms with Gasteiger partial charge in [0.25, 0.3) is 5.91 Å². The van der Waals surface area contributed by atoms with Crippen LogP contribution in [0.3, 0.4) is 0 Å². The fourth-order valence-corrected chi connectivity index (χ4v) is 5.20. The Hall–Kier alpha value is -2.16. The molecule has 2 heterocycles. The Morgan fingerprint density at radius 2 is 2.03 bits per heavy atom. The van der Waals surface area contributed by atoms with E-state index in [1.165, 1.54) is 17.8 Å². The molecule has 3 aromatic rings. The first kappa shape index (κ1) is 23.0. The molecule has 0 radical (unpaired) electrons. The van der Waals surface area contributed by atoms with Gasteiger partial charge in [-0.05, 0) is 42.3 Å². The number of para-hydroxylation sites is 1. The summed E-state index contributed by atoms with van der Waals surface area (Å²) in [5.74, 6) is 0.148. The quantitative estimate of drug-likeness (QED) is 0.257. The van der Waals surface area contributed by atoms with E-state index in [0.29, 0.717) is 34.8 Å². The van der Waals surface area contributed by atoms with Gasteiger partial charge in [-0.25, -0.2) is 4.39 Å². The Morgan fingerprint density at radius 3 is 2.78 bits per heavy atom. The lowest BCUT2D eigenvalue weighted by Gasteiger charge is -2.16. The van der Waals surface area contributed by atoms with Gasteiger partial charge in [0.15, 0.2) is 11.6 Å². The van der Waals surface area contributed by atoms with Crippen LogP contribution >= 0.6 is 39.9 Å². The monoisotopic (exact) mass is 532 g/mol. The fraction of sp³-hybridized carbons (Fsp3) is 0.250. The third-order valence-electron chi connectivity index (χ3n) is 5.01. The largest absolute Gasteiger partial charge is 0.489 e. The van der Waals surface area contributed by atoms with Gasteiger partial charge in [0.1, 0.15) is 10.9 Å². The van der Waals surface area contributed by atoms with Crippen molar-refractivity contribution in [1.82, 2.24) is 9.47 Å². The average molecular weight is 533 g/mol. The Labute approximate surface area is 204 Å². The van der Waals surface area contributed by atoms with Gasteiger partial charge < -0.3 is 9.30 Å². The predicted octanol–water partition coefficient (Wildman–Crippen LogP) is 6.48. The van der Waals surface area contributed by atoms with Crippen LogP contribution in [0.4, 0.5) is 4.39 Å². The molecule has 0 bridgehead atoms. The van der Waals surface area contributed by atoms with Gasteiger partial charge in [0.2, 0.25) is 0 Å². The van der Waals surface area contributed by atoms with E-state index in [1.807, 2.05) is 30.5 Å². The lowest BCUT2D eigenvalue weighted by atomic mass is 10.1. The molecule has 8 heteroatoms. The number of hydrogen-bond donors (Lipinski definition) is 0. The summed E-state index contributed by atoms with van der Waals surface area (Å²) in [6.45, 7) is 5.60. The number of carbonyl (C=O) groups excluding carboxylic acids is 1. The van der Waals surface area contributed by atoms with Crippen LogP contribution in [0.25, 0.3) is 17.0 Å². The highest BCUT2D eigenvalue weighted by atomic mass is 79.9. The lowest BCUT2D eigenvalue weighted by molar-refractivity contribution is -0.122. The standard InChI is InChI=1S/C24H22BrFN2O2S2/c1-15(2)13-28-23(29)22(32-24(28)31)11-16-14-27(20-8-7-17(25)12-18(16)20)9-10-30-21-6-4-3-5-19(21)26/h3-8,11-12,14-15H,9-10,13H2,1-2H3/b22-11-. The van der Waals surface area contributed by atoms with Crippen LogP contribution in [-0.2, 0) is 11.3 Å². The number of ether oxygens (including phenoxy) is 1. The Morgan fingerprint density at radius 1 is 1.25 bits per heavy atom. The summed E-state index contributed by atoms with van der Waals surface area (Å²) in [5, 5.41) is 1.01. The van der Waals surface area contributed by atoms with Crippen molar-refractivity contribution in [3.8, 4) is 5.75 Å². The maximum absolute atomic E-state index is 13.8. The summed E-state index contributed by atoms with van der Waals surface area (Å²) >= 11 is 10.3. The second-order valence-electron chi connectivity index (χ2n) is 7.90. The zero-order valence-corrected chi connectivity index (χ0v) is 20.9. The van der Waals surface area contributed by atoms with Crippen LogP contribution in [-0.4, -0.2) is 32.8 Å². The first-order chi connectivity index (χ1) is 15.3. The summed E-state index contributed by atoms with van der Waals surface area (Å²) in [6.07, 6.45) is 3.90. The number of benzene rings is 2. The Balaban J connectivity index is 1.61. The highest BCUT2D eigenvalue weighted by Crippen LogP contribution is 2.35. The Kier molecular flexibility index (Phi) is 7.02. The van der Waals surface area contributed by atoms with Crippen molar-refractivity contribution in [3.63, 3.8) is 0 Å². The third-order valence-corrected chi connectivity index (χ3v) is 6.88. The van der Waals surface area contributed by atoms with Gasteiger partial charge in [0, 0.05) is 33.7 Å². The number of hydrogen-bond acceptors (Lipinski definition) is 4. The maximum atomic E-state index is 13.8. The molecular weight excluding hydrogens is 511 g/mol. The fourth-order valence-electron chi connectivity index (χ4n) is 3.58. The average Bonchev–Trinajstić information content (AvgIpc) is 3.21. The van der Waals surface area contributed by atoms with Crippen LogP contribution in [0.1, 0.15) is 19.4 Å². The summed E-state index contributed by atoms with van der Waals surface area (Å²) in [7, 11) is 0. The molecule has 1 aromatic heterocycles. The number of aromatic nitrogens is 1. The number of nitrogens with zero attached hydrogens (tertiary/aromatic N) is 2. The first-order valence-electron chi connectivity index (χ1n) is 10.2. The molecule has 0 spiro atoms. The van der Waals surface area contributed by atoms with E-state index in [4.69, 9.17) is 17.0 Å². The number of thiocarbonyl (C=S) groups is 1. The minimum atomic E-state index is -0.377. The van der Waals surface area contributed by atoms with Gasteiger partial charge >= 0.3 is 0 Å². The van der Waals surface area contributed by atoms with Crippen molar-refractivity contribution in [1.29, 1.82) is 0 Å². The molecule has 32 heavy (non-hydrogen) atoms. The zero-order chi connectivity index (χ0) is 22.8. The van der Waals surface area contributed by atoms with Crippen LogP contribution in [0.5, 0.6) is 5.75 Å². The third kappa shape index (κ3) is 4.92. The van der Waals surface area contributed by atoms with E-state index >= 15 is 0 Å². The number of carbonyl (C=O) groups is 1. The van der Waals surface area contributed by atoms with Crippen LogP contribution in [0.15, 0.2) is 58.0 Å². The molecular formula is C24H22BrFN2O2S2. The number of amides is 1. The molecule has 1 amide bonds. The van der Waals surface area contributed by atoms with Gasteiger partial charge in [-0.3, -0.25) is 9.69 Å². The molecule has 0 saturated carbocycles. The lowest BCUT2D eigenvalue weighted by Crippen LogP contribution is -2.31. The minimum absolute atomic E-state index is 0.0486. The van der Waals surface area contributed by atoms with Crippen molar-refractivity contribution >= 4 is 67.1 Å². The van der Waals surface area contributed by atoms with Crippen molar-refractivity contribution in [2.24, 2.45) is 5.92 Å². The molecule has 0 N–H and O–H groups in total. The van der Waals surface area contributed by atoms with Crippen molar-refractivity contribution in [3.05, 3.63) is 69.4 Å². The van der Waals surface area contributed by atoms with Gasteiger partial charge in [-0.1, -0.05) is 65.9 Å². The molecule has 1 aliphatic rings. The summed E-state index contributed by atoms with van der Waals surface area (Å²) in [6, 6.07) is 12.4. The normalized spacial score (nSPS) is 15.5. The van der Waals surface area contributed by atoms with Crippen molar-refractivity contribution in [2.75, 3.05) is 13.2 Å². The molecule has 1 fully saturated rings. The number of halogens is 2. The topological polar surface area (TPSA) is 34.5 Å². The SMILES string of the molecule is CC(C)CN1C(=O)/C(=C/c2cn(CCOc3ccccc3F)c3ccc(Br)cc23)SC1=S. The summed E-state index contributed by atoms with van der Waals surface area (Å²) < 4.78 is 23.1. The number of thioether (sulfide) groups is 1. The van der Waals surface area contributed by atoms with E-state index in [0.717, 1.165) is 20.9 Å². The zero-order valence-electron chi connectivity index (χ0n) is 17.7. The summed E-state index contributed by atoms with van der Waals surface area (Å²) in [5.41, 5.74) is 1.94. The van der Waals surface area contributed by atoms with E-state index in [9.17, 15) is 9.18 Å². The van der Waals surface area contributed by atoms with Crippen molar-refractivity contribution < 1.29 is 13.9 Å². The van der Waals surface area contributed by atoms with E-state index < -0.39 is 0 Å². The van der Waals surface area contributed by atoms with Gasteiger partial charge in [0.05, 0.1) is 11.4 Å². The van der Waals surface area contributed by atoms with E-state index in [2.05, 4.69) is 34.3 Å². The second-order valence-corrected chi connectivity index (χ2v) is 10.5. The second kappa shape index (κ2) is 9.77. The Bertz CT molecular complexity index is 1220. The number of rotatable bonds is 7. The minimum Gasteiger partial charge on any atom is -0.489 e. The van der Waals surface area contributed by atoms with Crippen LogP contribution < -0.4 is 4.74 Å². The van der Waals surface area contributed by atoms with Gasteiger partial charge in [-0.15, -0.1) is 0 Å². The predicted molar refractivity (Wildman–Crippen MR) is 136 cm³/mol.